The summed E-state index contributed by atoms with van der Waals surface area (Å²) in [5.41, 5.74) is 10.2. The smallest absolute Gasteiger partial charge is 0.319 e. The SMILES string of the molecule is CC(=O)C(CN)(C(=O)O)C1CCN(c2ccc(C(=N)N)cc2)C1=O. The largest absolute Gasteiger partial charge is 0.480 e. The van der Waals surface area contributed by atoms with Gasteiger partial charge in [-0.1, -0.05) is 0 Å². The minimum Gasteiger partial charge on any atom is -0.480 e. The monoisotopic (exact) mass is 332 g/mol. The zero-order chi connectivity index (χ0) is 18.1. The lowest BCUT2D eigenvalue weighted by Crippen LogP contribution is -2.52. The Kier molecular flexibility index (Phi) is 4.70. The number of hydrogen-bond donors (Lipinski definition) is 4. The number of carboxylic acid groups (broad SMARTS) is 1. The molecule has 1 aliphatic rings. The molecule has 1 heterocycles. The molecule has 1 amide bonds. The maximum absolute atomic E-state index is 12.7. The zero-order valence-corrected chi connectivity index (χ0v) is 13.3. The molecular weight excluding hydrogens is 312 g/mol. The molecule has 2 atom stereocenters. The van der Waals surface area contributed by atoms with Gasteiger partial charge in [0.25, 0.3) is 0 Å². The average molecular weight is 332 g/mol. The molecule has 8 nitrogen and oxygen atoms in total. The van der Waals surface area contributed by atoms with Crippen molar-refractivity contribution in [3.63, 3.8) is 0 Å². The number of carbonyl (C=O) groups is 3. The van der Waals surface area contributed by atoms with Gasteiger partial charge in [0.1, 0.15) is 17.0 Å². The fourth-order valence-corrected chi connectivity index (χ4v) is 3.13. The highest BCUT2D eigenvalue weighted by molar-refractivity contribution is 6.10. The van der Waals surface area contributed by atoms with E-state index in [2.05, 4.69) is 0 Å². The van der Waals surface area contributed by atoms with E-state index in [1.165, 1.54) is 4.90 Å². The Balaban J connectivity index is 2.33. The van der Waals surface area contributed by atoms with Crippen LogP contribution in [0.3, 0.4) is 0 Å². The van der Waals surface area contributed by atoms with Crippen LogP contribution in [0.25, 0.3) is 0 Å². The van der Waals surface area contributed by atoms with Gasteiger partial charge >= 0.3 is 5.97 Å². The van der Waals surface area contributed by atoms with Crippen molar-refractivity contribution in [2.75, 3.05) is 18.0 Å². The highest BCUT2D eigenvalue weighted by atomic mass is 16.4. The maximum Gasteiger partial charge on any atom is 0.319 e. The van der Waals surface area contributed by atoms with Crippen molar-refractivity contribution < 1.29 is 19.5 Å². The Bertz CT molecular complexity index is 685. The molecule has 8 heteroatoms. The molecule has 0 aliphatic carbocycles. The number of hydrogen-bond acceptors (Lipinski definition) is 5. The van der Waals surface area contributed by atoms with Gasteiger partial charge in [-0.3, -0.25) is 19.8 Å². The van der Waals surface area contributed by atoms with E-state index in [4.69, 9.17) is 16.9 Å². The average Bonchev–Trinajstić information content (AvgIpc) is 2.90. The van der Waals surface area contributed by atoms with Gasteiger partial charge in [0.2, 0.25) is 5.91 Å². The molecular formula is C16H20N4O4. The number of aliphatic carboxylic acids is 1. The van der Waals surface area contributed by atoms with E-state index in [1.807, 2.05) is 0 Å². The molecule has 0 bridgehead atoms. The molecule has 128 valence electrons. The van der Waals surface area contributed by atoms with Crippen LogP contribution in [-0.2, 0) is 14.4 Å². The second kappa shape index (κ2) is 6.40. The van der Waals surface area contributed by atoms with E-state index in [0.29, 0.717) is 17.8 Å². The van der Waals surface area contributed by atoms with Crippen LogP contribution in [0.1, 0.15) is 18.9 Å². The van der Waals surface area contributed by atoms with E-state index in [-0.39, 0.29) is 12.3 Å². The summed E-state index contributed by atoms with van der Waals surface area (Å²) in [5.74, 6) is -3.51. The normalized spacial score (nSPS) is 19.8. The van der Waals surface area contributed by atoms with Gasteiger partial charge in [-0.05, 0) is 37.6 Å². The summed E-state index contributed by atoms with van der Waals surface area (Å²) in [6.45, 7) is 1.02. The van der Waals surface area contributed by atoms with E-state index < -0.39 is 35.5 Å². The summed E-state index contributed by atoms with van der Waals surface area (Å²) in [6.07, 6.45) is 0.233. The number of Topliss-reactive ketones (excluding diaryl/α,β-unsaturated/α-hetero) is 1. The van der Waals surface area contributed by atoms with Crippen LogP contribution < -0.4 is 16.4 Å². The number of nitrogens with zero attached hydrogens (tertiary/aromatic N) is 1. The minimum absolute atomic E-state index is 0.0863. The number of amides is 1. The van der Waals surface area contributed by atoms with Gasteiger partial charge in [-0.15, -0.1) is 0 Å². The first kappa shape index (κ1) is 17.6. The fourth-order valence-electron chi connectivity index (χ4n) is 3.13. The van der Waals surface area contributed by atoms with Crippen LogP contribution in [0.2, 0.25) is 0 Å². The van der Waals surface area contributed by atoms with Crippen LogP contribution in [0, 0.1) is 16.7 Å². The van der Waals surface area contributed by atoms with Crippen molar-refractivity contribution in [2.24, 2.45) is 22.8 Å². The van der Waals surface area contributed by atoms with Gasteiger partial charge < -0.3 is 21.5 Å². The molecule has 0 spiro atoms. The first-order chi connectivity index (χ1) is 11.3. The third-order valence-electron chi connectivity index (χ3n) is 4.62. The Morgan fingerprint density at radius 1 is 1.38 bits per heavy atom. The van der Waals surface area contributed by atoms with E-state index >= 15 is 0 Å². The van der Waals surface area contributed by atoms with Crippen molar-refractivity contribution in [1.29, 1.82) is 5.41 Å². The predicted molar refractivity (Wildman–Crippen MR) is 87.7 cm³/mol. The van der Waals surface area contributed by atoms with Crippen molar-refractivity contribution in [3.05, 3.63) is 29.8 Å². The molecule has 1 aromatic carbocycles. The number of nitrogens with two attached hydrogens (primary N) is 2. The van der Waals surface area contributed by atoms with Gasteiger partial charge in [0, 0.05) is 24.3 Å². The van der Waals surface area contributed by atoms with E-state index in [9.17, 15) is 19.5 Å². The van der Waals surface area contributed by atoms with E-state index in [0.717, 1.165) is 6.92 Å². The van der Waals surface area contributed by atoms with Crippen LogP contribution in [0.15, 0.2) is 24.3 Å². The zero-order valence-electron chi connectivity index (χ0n) is 13.3. The summed E-state index contributed by atoms with van der Waals surface area (Å²) < 4.78 is 0. The standard InChI is InChI=1S/C16H20N4O4/c1-9(21)16(8-17,15(23)24)12-6-7-20(14(12)22)11-4-2-10(3-5-11)13(18)19/h2-5,12H,6-8,17H2,1H3,(H3,18,19)(H,23,24). The Morgan fingerprint density at radius 2 is 1.96 bits per heavy atom. The molecule has 0 radical (unpaired) electrons. The molecule has 0 aromatic heterocycles. The number of amidine groups is 1. The molecule has 1 fully saturated rings. The Hall–Kier alpha value is -2.74. The lowest BCUT2D eigenvalue weighted by Gasteiger charge is -2.30. The summed E-state index contributed by atoms with van der Waals surface area (Å²) in [7, 11) is 0. The molecule has 2 unspecified atom stereocenters. The Labute approximate surface area is 138 Å². The second-order valence-electron chi connectivity index (χ2n) is 5.83. The van der Waals surface area contributed by atoms with Crippen molar-refractivity contribution >= 4 is 29.2 Å². The lowest BCUT2D eigenvalue weighted by atomic mass is 9.71. The third kappa shape index (κ3) is 2.65. The quantitative estimate of drug-likeness (QED) is 0.325. The summed E-state index contributed by atoms with van der Waals surface area (Å²) in [5, 5.41) is 16.9. The van der Waals surface area contributed by atoms with Crippen LogP contribution in [-0.4, -0.2) is 41.7 Å². The number of rotatable bonds is 6. The van der Waals surface area contributed by atoms with Crippen LogP contribution in [0.4, 0.5) is 5.69 Å². The van der Waals surface area contributed by atoms with Crippen molar-refractivity contribution in [2.45, 2.75) is 13.3 Å². The second-order valence-corrected chi connectivity index (χ2v) is 5.83. The maximum atomic E-state index is 12.7. The number of benzene rings is 1. The van der Waals surface area contributed by atoms with Crippen LogP contribution in [0.5, 0.6) is 0 Å². The minimum atomic E-state index is -1.90. The highest BCUT2D eigenvalue weighted by Crippen LogP contribution is 2.38. The molecule has 6 N–H and O–H groups in total. The van der Waals surface area contributed by atoms with E-state index in [1.54, 1.807) is 24.3 Å². The van der Waals surface area contributed by atoms with Gasteiger partial charge in [0.15, 0.2) is 0 Å². The number of nitrogen functional groups attached to an aromatic ring is 1. The number of nitrogens with one attached hydrogen (secondary N) is 1. The summed E-state index contributed by atoms with van der Waals surface area (Å²) in [4.78, 5) is 37.8. The third-order valence-corrected chi connectivity index (χ3v) is 4.62. The van der Waals surface area contributed by atoms with Crippen molar-refractivity contribution in [3.8, 4) is 0 Å². The number of anilines is 1. The lowest BCUT2D eigenvalue weighted by molar-refractivity contribution is -0.160. The van der Waals surface area contributed by atoms with Crippen molar-refractivity contribution in [1.82, 2.24) is 0 Å². The molecule has 1 aliphatic heterocycles. The van der Waals surface area contributed by atoms with Gasteiger partial charge in [0.05, 0.1) is 5.92 Å². The van der Waals surface area contributed by atoms with Crippen LogP contribution >= 0.6 is 0 Å². The summed E-state index contributed by atoms with van der Waals surface area (Å²) >= 11 is 0. The van der Waals surface area contributed by atoms with Gasteiger partial charge in [-0.2, -0.15) is 0 Å². The molecule has 1 aromatic rings. The number of carboxylic acids is 1. The predicted octanol–water partition coefficient (Wildman–Crippen LogP) is -0.0577. The molecule has 1 saturated heterocycles. The summed E-state index contributed by atoms with van der Waals surface area (Å²) in [6, 6.07) is 6.48. The number of ketones is 1. The first-order valence-electron chi connectivity index (χ1n) is 7.46. The highest BCUT2D eigenvalue weighted by Gasteiger charge is 2.55. The fraction of sp³-hybridized carbons (Fsp3) is 0.375. The van der Waals surface area contributed by atoms with Gasteiger partial charge in [-0.25, -0.2) is 0 Å². The molecule has 2 rings (SSSR count). The Morgan fingerprint density at radius 3 is 2.38 bits per heavy atom. The molecule has 24 heavy (non-hydrogen) atoms. The molecule has 0 saturated carbocycles. The topological polar surface area (TPSA) is 151 Å². The first-order valence-corrected chi connectivity index (χ1v) is 7.46. The number of carbonyl (C=O) groups excluding carboxylic acids is 2.